The van der Waals surface area contributed by atoms with Crippen LogP contribution >= 0.6 is 23.2 Å². The molecule has 2 aliphatic rings. The Balaban J connectivity index is 1.51. The van der Waals surface area contributed by atoms with Crippen molar-refractivity contribution in [1.82, 2.24) is 19.6 Å². The van der Waals surface area contributed by atoms with E-state index in [9.17, 15) is 24.3 Å². The van der Waals surface area contributed by atoms with Crippen LogP contribution in [-0.4, -0.2) is 126 Å². The molecule has 2 aromatic rings. The highest BCUT2D eigenvalue weighted by atomic mass is 35.5. The molecule has 11 nitrogen and oxygen atoms in total. The fraction of sp³-hybridized carbons (Fsp3) is 0.515. The first kappa shape index (κ1) is 35.5. The van der Waals surface area contributed by atoms with Gasteiger partial charge in [-0.1, -0.05) is 47.5 Å². The molecule has 2 aliphatic heterocycles. The number of ether oxygens (including phenoxy) is 2. The first-order valence-corrected chi connectivity index (χ1v) is 16.5. The number of carbonyl (C=O) groups is 4. The smallest absolute Gasteiger partial charge is 0.325 e. The molecular weight excluding hydrogens is 635 g/mol. The van der Waals surface area contributed by atoms with Gasteiger partial charge in [0.25, 0.3) is 0 Å². The van der Waals surface area contributed by atoms with Gasteiger partial charge in [0.1, 0.15) is 30.4 Å². The molecule has 4 rings (SSSR count). The zero-order valence-corrected chi connectivity index (χ0v) is 27.6. The molecule has 1 N–H and O–H groups in total. The highest BCUT2D eigenvalue weighted by Crippen LogP contribution is 2.24. The van der Waals surface area contributed by atoms with Gasteiger partial charge in [0.15, 0.2) is 0 Å². The second kappa shape index (κ2) is 17.5. The van der Waals surface area contributed by atoms with Gasteiger partial charge < -0.3 is 29.3 Å². The summed E-state index contributed by atoms with van der Waals surface area (Å²) in [6.07, 6.45) is 1.00. The topological polar surface area (TPSA) is 120 Å². The van der Waals surface area contributed by atoms with Crippen molar-refractivity contribution in [2.24, 2.45) is 0 Å². The van der Waals surface area contributed by atoms with Crippen LogP contribution in [0.5, 0.6) is 5.75 Å². The van der Waals surface area contributed by atoms with Gasteiger partial charge in [-0.2, -0.15) is 0 Å². The zero-order chi connectivity index (χ0) is 33.1. The molecule has 2 atom stereocenters. The number of halogens is 2. The van der Waals surface area contributed by atoms with Crippen molar-refractivity contribution in [2.75, 3.05) is 65.6 Å². The number of carbonyl (C=O) groups excluding carboxylic acids is 4. The van der Waals surface area contributed by atoms with Gasteiger partial charge >= 0.3 is 5.97 Å². The minimum atomic E-state index is -1.08. The van der Waals surface area contributed by atoms with E-state index in [4.69, 9.17) is 32.7 Å². The van der Waals surface area contributed by atoms with Crippen molar-refractivity contribution >= 4 is 46.9 Å². The molecule has 3 amide bonds. The molecule has 250 valence electrons. The minimum Gasteiger partial charge on any atom is -0.508 e. The number of aromatic hydroxyl groups is 1. The lowest BCUT2D eigenvalue weighted by Gasteiger charge is -2.42. The molecule has 46 heavy (non-hydrogen) atoms. The van der Waals surface area contributed by atoms with Crippen LogP contribution in [0.2, 0.25) is 5.02 Å². The van der Waals surface area contributed by atoms with E-state index in [2.05, 4.69) is 4.90 Å². The van der Waals surface area contributed by atoms with Crippen LogP contribution in [0.25, 0.3) is 0 Å². The summed E-state index contributed by atoms with van der Waals surface area (Å²) in [5, 5.41) is 10.2. The molecule has 2 aromatic carbocycles. The van der Waals surface area contributed by atoms with E-state index in [-0.39, 0.29) is 50.7 Å². The lowest BCUT2D eigenvalue weighted by atomic mass is 10.0. The molecule has 13 heteroatoms. The number of phenols is 1. The van der Waals surface area contributed by atoms with Gasteiger partial charge in [-0.3, -0.25) is 24.1 Å². The minimum absolute atomic E-state index is 0.121. The summed E-state index contributed by atoms with van der Waals surface area (Å²) >= 11 is 12.8. The lowest BCUT2D eigenvalue weighted by Crippen LogP contribution is -2.63. The van der Waals surface area contributed by atoms with Gasteiger partial charge in [0.2, 0.25) is 17.7 Å². The summed E-state index contributed by atoms with van der Waals surface area (Å²) in [6.45, 7) is 5.43. The van der Waals surface area contributed by atoms with Crippen LogP contribution in [0.15, 0.2) is 48.5 Å². The van der Waals surface area contributed by atoms with E-state index in [1.807, 2.05) is 12.1 Å². The first-order chi connectivity index (χ1) is 22.1. The van der Waals surface area contributed by atoms with Crippen molar-refractivity contribution in [3.05, 3.63) is 64.7 Å². The predicted octanol–water partition coefficient (Wildman–Crippen LogP) is 2.94. The largest absolute Gasteiger partial charge is 0.508 e. The number of phenolic OH excluding ortho intramolecular Hbond substituents is 1. The second-order valence-electron chi connectivity index (χ2n) is 11.4. The van der Waals surface area contributed by atoms with Crippen molar-refractivity contribution in [1.29, 1.82) is 0 Å². The third kappa shape index (κ3) is 10.3. The standard InChI is InChI=1S/C33H42Cl2N4O7/c1-2-46-32(43)23-37(15-12-24-6-10-27(40)11-7-24)30(41)21-28-33(44)39(29(35)20-25-4-8-26(34)9-5-25)22-31(42)38(28)14-3-13-36-16-18-45-19-17-36/h4-11,28-29,40H,2-3,12-23H2,1H3. The molecule has 0 saturated carbocycles. The Morgan fingerprint density at radius 1 is 1.04 bits per heavy atom. The molecule has 0 aliphatic carbocycles. The Labute approximate surface area is 279 Å². The monoisotopic (exact) mass is 676 g/mol. The molecule has 2 unspecified atom stereocenters. The number of piperazine rings is 1. The van der Waals surface area contributed by atoms with Crippen molar-refractivity contribution < 1.29 is 33.8 Å². The average molecular weight is 678 g/mol. The Bertz CT molecular complexity index is 1320. The number of nitrogens with zero attached hydrogens (tertiary/aromatic N) is 4. The van der Waals surface area contributed by atoms with Crippen molar-refractivity contribution in [3.63, 3.8) is 0 Å². The van der Waals surface area contributed by atoms with E-state index in [0.29, 0.717) is 37.6 Å². The van der Waals surface area contributed by atoms with Crippen LogP contribution in [-0.2, 0) is 41.5 Å². The van der Waals surface area contributed by atoms with Crippen LogP contribution < -0.4 is 0 Å². The summed E-state index contributed by atoms with van der Waals surface area (Å²) in [7, 11) is 0. The quantitative estimate of drug-likeness (QED) is 0.174. The van der Waals surface area contributed by atoms with E-state index >= 15 is 0 Å². The SMILES string of the molecule is CCOC(=O)CN(CCc1ccc(O)cc1)C(=O)CC1C(=O)N(C(Cl)Cc2ccc(Cl)cc2)CC(=O)N1CCCN1CCOCC1. The lowest BCUT2D eigenvalue weighted by molar-refractivity contribution is -0.159. The third-order valence-corrected chi connectivity index (χ3v) is 8.80. The Morgan fingerprint density at radius 2 is 1.72 bits per heavy atom. The molecule has 2 saturated heterocycles. The molecule has 0 radical (unpaired) electrons. The number of rotatable bonds is 15. The number of hydrogen-bond acceptors (Lipinski definition) is 8. The number of benzene rings is 2. The normalized spacial score (nSPS) is 18.0. The summed E-state index contributed by atoms with van der Waals surface area (Å²) in [5.41, 5.74) is 0.877. The van der Waals surface area contributed by atoms with E-state index in [0.717, 1.165) is 30.8 Å². The van der Waals surface area contributed by atoms with Crippen molar-refractivity contribution in [3.8, 4) is 5.75 Å². The van der Waals surface area contributed by atoms with E-state index in [1.54, 1.807) is 43.3 Å². The number of esters is 1. The van der Waals surface area contributed by atoms with Crippen LogP contribution in [0.1, 0.15) is 30.9 Å². The maximum Gasteiger partial charge on any atom is 0.325 e. The molecule has 0 bridgehead atoms. The fourth-order valence-electron chi connectivity index (χ4n) is 5.62. The molecule has 2 heterocycles. The Hall–Kier alpha value is -3.38. The van der Waals surface area contributed by atoms with Gasteiger partial charge in [0.05, 0.1) is 26.2 Å². The number of morpholine rings is 1. The summed E-state index contributed by atoms with van der Waals surface area (Å²) in [4.78, 5) is 60.4. The maximum atomic E-state index is 14.0. The van der Waals surface area contributed by atoms with Crippen LogP contribution in [0.4, 0.5) is 0 Å². The van der Waals surface area contributed by atoms with Gasteiger partial charge in [0, 0.05) is 44.2 Å². The average Bonchev–Trinajstić information content (AvgIpc) is 3.04. The number of amides is 3. The Morgan fingerprint density at radius 3 is 2.39 bits per heavy atom. The maximum absolute atomic E-state index is 14.0. The number of hydrogen-bond donors (Lipinski definition) is 1. The molecule has 0 aromatic heterocycles. The van der Waals surface area contributed by atoms with Gasteiger partial charge in [-0.05, 0) is 55.2 Å². The predicted molar refractivity (Wildman–Crippen MR) is 174 cm³/mol. The Kier molecular flexibility index (Phi) is 13.5. The first-order valence-electron chi connectivity index (χ1n) is 15.6. The molecule has 2 fully saturated rings. The van der Waals surface area contributed by atoms with E-state index in [1.165, 1.54) is 14.7 Å². The highest BCUT2D eigenvalue weighted by Gasteiger charge is 2.43. The van der Waals surface area contributed by atoms with Crippen LogP contribution in [0, 0.1) is 0 Å². The van der Waals surface area contributed by atoms with Crippen molar-refractivity contribution in [2.45, 2.75) is 44.1 Å². The summed E-state index contributed by atoms with van der Waals surface area (Å²) in [6, 6.07) is 12.6. The fourth-order valence-corrected chi connectivity index (χ4v) is 6.09. The van der Waals surface area contributed by atoms with E-state index < -0.39 is 29.3 Å². The molecule has 0 spiro atoms. The van der Waals surface area contributed by atoms with Crippen LogP contribution in [0.3, 0.4) is 0 Å². The highest BCUT2D eigenvalue weighted by molar-refractivity contribution is 6.30. The second-order valence-corrected chi connectivity index (χ2v) is 12.3. The number of alkyl halides is 1. The summed E-state index contributed by atoms with van der Waals surface area (Å²) in [5.74, 6) is -1.61. The van der Waals surface area contributed by atoms with Gasteiger partial charge in [-0.15, -0.1) is 0 Å². The summed E-state index contributed by atoms with van der Waals surface area (Å²) < 4.78 is 10.5. The third-order valence-electron chi connectivity index (χ3n) is 8.16. The zero-order valence-electron chi connectivity index (χ0n) is 26.1. The van der Waals surface area contributed by atoms with Gasteiger partial charge in [-0.25, -0.2) is 0 Å². The molecular formula is C33H42Cl2N4O7.